The maximum absolute atomic E-state index is 12.3. The molecule has 3 heterocycles. The molecule has 160 valence electrons. The van der Waals surface area contributed by atoms with Crippen LogP contribution in [0.5, 0.6) is 5.75 Å². The summed E-state index contributed by atoms with van der Waals surface area (Å²) in [7, 11) is 1.64. The van der Waals surface area contributed by atoms with E-state index in [1.165, 1.54) is 0 Å². The largest absolute Gasteiger partial charge is 0.497 e. The number of aromatic nitrogens is 4. The minimum atomic E-state index is 0.0187. The SMILES string of the molecule is COc1cccc(CNC(=O)CCCn2nc(-n3cccc3)c3c(C)cc(C)nc32)c1. The molecule has 0 spiro atoms. The molecule has 1 amide bonds. The topological polar surface area (TPSA) is 74.0 Å². The van der Waals surface area contributed by atoms with Gasteiger partial charge < -0.3 is 14.6 Å². The molecule has 1 N–H and O–H groups in total. The third-order valence-electron chi connectivity index (χ3n) is 5.26. The fourth-order valence-corrected chi connectivity index (χ4v) is 3.77. The molecule has 7 nitrogen and oxygen atoms in total. The molecule has 0 bridgehead atoms. The predicted molar refractivity (Wildman–Crippen MR) is 120 cm³/mol. The lowest BCUT2D eigenvalue weighted by Crippen LogP contribution is -2.22. The second-order valence-electron chi connectivity index (χ2n) is 7.65. The summed E-state index contributed by atoms with van der Waals surface area (Å²) >= 11 is 0. The third-order valence-corrected chi connectivity index (χ3v) is 5.26. The van der Waals surface area contributed by atoms with Crippen LogP contribution in [-0.2, 0) is 17.9 Å². The van der Waals surface area contributed by atoms with Crippen molar-refractivity contribution in [3.63, 3.8) is 0 Å². The van der Waals surface area contributed by atoms with Crippen molar-refractivity contribution in [2.24, 2.45) is 0 Å². The van der Waals surface area contributed by atoms with Crippen LogP contribution in [-0.4, -0.2) is 32.3 Å². The molecule has 0 unspecified atom stereocenters. The van der Waals surface area contributed by atoms with Gasteiger partial charge in [-0.05, 0) is 61.7 Å². The normalized spacial score (nSPS) is 11.1. The second kappa shape index (κ2) is 9.04. The molecule has 0 saturated heterocycles. The first-order chi connectivity index (χ1) is 15.0. The van der Waals surface area contributed by atoms with Crippen molar-refractivity contribution in [1.29, 1.82) is 0 Å². The molecule has 0 radical (unpaired) electrons. The van der Waals surface area contributed by atoms with Gasteiger partial charge in [0.1, 0.15) is 5.75 Å². The predicted octanol–water partition coefficient (Wildman–Crippen LogP) is 3.94. The van der Waals surface area contributed by atoms with Gasteiger partial charge in [-0.15, -0.1) is 0 Å². The zero-order valence-corrected chi connectivity index (χ0v) is 18.1. The summed E-state index contributed by atoms with van der Waals surface area (Å²) in [6, 6.07) is 13.7. The van der Waals surface area contributed by atoms with Gasteiger partial charge >= 0.3 is 0 Å². The van der Waals surface area contributed by atoms with Gasteiger partial charge in [-0.25, -0.2) is 9.67 Å². The monoisotopic (exact) mass is 417 g/mol. The van der Waals surface area contributed by atoms with E-state index in [-0.39, 0.29) is 5.91 Å². The number of pyridine rings is 1. The van der Waals surface area contributed by atoms with E-state index in [4.69, 9.17) is 14.8 Å². The molecule has 0 aliphatic rings. The molecular formula is C24H27N5O2. The number of carbonyl (C=O) groups excluding carboxylic acids is 1. The van der Waals surface area contributed by atoms with Crippen LogP contribution in [0.2, 0.25) is 0 Å². The highest BCUT2D eigenvalue weighted by Crippen LogP contribution is 2.25. The van der Waals surface area contributed by atoms with Gasteiger partial charge in [-0.1, -0.05) is 12.1 Å². The number of rotatable bonds is 8. The Kier molecular flexibility index (Phi) is 6.02. The molecule has 4 rings (SSSR count). The van der Waals surface area contributed by atoms with Crippen LogP contribution in [0.4, 0.5) is 0 Å². The summed E-state index contributed by atoms with van der Waals surface area (Å²) < 4.78 is 9.15. The lowest BCUT2D eigenvalue weighted by atomic mass is 10.1. The van der Waals surface area contributed by atoms with Gasteiger partial charge in [0, 0.05) is 37.6 Å². The summed E-state index contributed by atoms with van der Waals surface area (Å²) in [6.07, 6.45) is 5.07. The first-order valence-electron chi connectivity index (χ1n) is 10.4. The zero-order chi connectivity index (χ0) is 21.8. The van der Waals surface area contributed by atoms with Crippen molar-refractivity contribution in [2.45, 2.75) is 39.8 Å². The quantitative estimate of drug-likeness (QED) is 0.471. The third kappa shape index (κ3) is 4.60. The average Bonchev–Trinajstić information content (AvgIpc) is 3.41. The summed E-state index contributed by atoms with van der Waals surface area (Å²) in [6.45, 7) is 5.19. The van der Waals surface area contributed by atoms with E-state index in [0.717, 1.165) is 39.4 Å². The van der Waals surface area contributed by atoms with E-state index in [9.17, 15) is 4.79 Å². The minimum Gasteiger partial charge on any atom is -0.497 e. The molecule has 3 aromatic heterocycles. The van der Waals surface area contributed by atoms with Crippen molar-refractivity contribution < 1.29 is 9.53 Å². The highest BCUT2D eigenvalue weighted by molar-refractivity contribution is 5.87. The van der Waals surface area contributed by atoms with Crippen LogP contribution in [0.25, 0.3) is 16.9 Å². The van der Waals surface area contributed by atoms with Crippen LogP contribution in [0, 0.1) is 13.8 Å². The van der Waals surface area contributed by atoms with E-state index in [1.807, 2.05) is 65.0 Å². The summed E-state index contributed by atoms with van der Waals surface area (Å²) in [5.41, 5.74) is 3.98. The number of benzene rings is 1. The number of amides is 1. The first kappa shape index (κ1) is 20.7. The van der Waals surface area contributed by atoms with Crippen molar-refractivity contribution in [3.8, 4) is 11.6 Å². The number of methoxy groups -OCH3 is 1. The van der Waals surface area contributed by atoms with Gasteiger partial charge in [0.2, 0.25) is 5.91 Å². The Labute approximate surface area is 181 Å². The fraction of sp³-hybridized carbons (Fsp3) is 0.292. The highest BCUT2D eigenvalue weighted by atomic mass is 16.5. The van der Waals surface area contributed by atoms with Gasteiger partial charge in [0.05, 0.1) is 12.5 Å². The maximum Gasteiger partial charge on any atom is 0.220 e. The number of hydrogen-bond donors (Lipinski definition) is 1. The Morgan fingerprint density at radius 1 is 1.13 bits per heavy atom. The molecule has 0 aliphatic carbocycles. The second-order valence-corrected chi connectivity index (χ2v) is 7.65. The Balaban J connectivity index is 1.42. The maximum atomic E-state index is 12.3. The standard InChI is InChI=1S/C24H27N5O2/c1-17-14-18(2)26-23-22(17)24(28-11-4-5-12-28)27-29(23)13-7-10-21(30)25-16-19-8-6-9-20(15-19)31-3/h4-6,8-9,11-12,14-15H,7,10,13,16H2,1-3H3,(H,25,30). The summed E-state index contributed by atoms with van der Waals surface area (Å²) in [5, 5.41) is 8.84. The van der Waals surface area contributed by atoms with Gasteiger partial charge in [0.15, 0.2) is 11.5 Å². The molecule has 0 aliphatic heterocycles. The lowest BCUT2D eigenvalue weighted by molar-refractivity contribution is -0.121. The lowest BCUT2D eigenvalue weighted by Gasteiger charge is -2.07. The molecular weight excluding hydrogens is 390 g/mol. The van der Waals surface area contributed by atoms with Crippen molar-refractivity contribution >= 4 is 16.9 Å². The van der Waals surface area contributed by atoms with E-state index in [2.05, 4.69) is 18.3 Å². The number of nitrogens with zero attached hydrogens (tertiary/aromatic N) is 4. The number of nitrogens with one attached hydrogen (secondary N) is 1. The minimum absolute atomic E-state index is 0.0187. The molecule has 0 saturated carbocycles. The molecule has 1 aromatic carbocycles. The van der Waals surface area contributed by atoms with Crippen molar-refractivity contribution in [3.05, 3.63) is 71.7 Å². The smallest absolute Gasteiger partial charge is 0.220 e. The van der Waals surface area contributed by atoms with E-state index < -0.39 is 0 Å². The first-order valence-corrected chi connectivity index (χ1v) is 10.4. The van der Waals surface area contributed by atoms with Gasteiger partial charge in [-0.2, -0.15) is 5.10 Å². The van der Waals surface area contributed by atoms with Crippen LogP contribution < -0.4 is 10.1 Å². The molecule has 0 fully saturated rings. The van der Waals surface area contributed by atoms with Crippen LogP contribution in [0.3, 0.4) is 0 Å². The Bertz CT molecular complexity index is 1190. The highest BCUT2D eigenvalue weighted by Gasteiger charge is 2.16. The van der Waals surface area contributed by atoms with Crippen LogP contribution in [0.15, 0.2) is 54.9 Å². The Morgan fingerprint density at radius 2 is 1.94 bits per heavy atom. The molecule has 7 heteroatoms. The number of carbonyl (C=O) groups is 1. The average molecular weight is 418 g/mol. The Hall–Kier alpha value is -3.61. The zero-order valence-electron chi connectivity index (χ0n) is 18.1. The number of fused-ring (bicyclic) bond motifs is 1. The number of hydrogen-bond acceptors (Lipinski definition) is 4. The van der Waals surface area contributed by atoms with E-state index in [1.54, 1.807) is 7.11 Å². The van der Waals surface area contributed by atoms with Crippen molar-refractivity contribution in [2.75, 3.05) is 7.11 Å². The number of aryl methyl sites for hydroxylation is 3. The fourth-order valence-electron chi connectivity index (χ4n) is 3.77. The van der Waals surface area contributed by atoms with Crippen molar-refractivity contribution in [1.82, 2.24) is 24.6 Å². The van der Waals surface area contributed by atoms with Gasteiger partial charge in [-0.3, -0.25) is 4.79 Å². The molecule has 4 aromatic rings. The molecule has 31 heavy (non-hydrogen) atoms. The van der Waals surface area contributed by atoms with Crippen LogP contribution in [0.1, 0.15) is 29.7 Å². The molecule has 0 atom stereocenters. The van der Waals surface area contributed by atoms with E-state index >= 15 is 0 Å². The van der Waals surface area contributed by atoms with Crippen LogP contribution >= 0.6 is 0 Å². The van der Waals surface area contributed by atoms with E-state index in [0.29, 0.717) is 25.9 Å². The van der Waals surface area contributed by atoms with Gasteiger partial charge in [0.25, 0.3) is 0 Å². The Morgan fingerprint density at radius 3 is 2.71 bits per heavy atom. The number of ether oxygens (including phenoxy) is 1. The summed E-state index contributed by atoms with van der Waals surface area (Å²) in [4.78, 5) is 17.1. The summed E-state index contributed by atoms with van der Waals surface area (Å²) in [5.74, 6) is 1.67.